The van der Waals surface area contributed by atoms with Crippen molar-refractivity contribution >= 4 is 40.2 Å². The second-order valence-electron chi connectivity index (χ2n) is 4.84. The highest BCUT2D eigenvalue weighted by atomic mass is 127. The zero-order valence-corrected chi connectivity index (χ0v) is 15.3. The molecule has 0 heterocycles. The van der Waals surface area contributed by atoms with E-state index in [1.54, 1.807) is 19.1 Å². The summed E-state index contributed by atoms with van der Waals surface area (Å²) >= 11 is 2.23. The van der Waals surface area contributed by atoms with Crippen molar-refractivity contribution in [2.24, 2.45) is 0 Å². The number of carbonyl (C=O) groups excluding carboxylic acids is 1. The maximum Gasteiger partial charge on any atom is 0.344 e. The van der Waals surface area contributed by atoms with Gasteiger partial charge < -0.3 is 9.47 Å². The molecule has 0 spiro atoms. The molecule has 5 heteroatoms. The summed E-state index contributed by atoms with van der Waals surface area (Å²) < 4.78 is 11.3. The maximum atomic E-state index is 11.3. The second kappa shape index (κ2) is 9.08. The van der Waals surface area contributed by atoms with E-state index in [0.717, 1.165) is 14.7 Å². The van der Waals surface area contributed by atoms with Gasteiger partial charge in [-0.3, -0.25) is 0 Å². The van der Waals surface area contributed by atoms with E-state index < -0.39 is 5.97 Å². The average Bonchev–Trinajstić information content (AvgIpc) is 2.60. The van der Waals surface area contributed by atoms with E-state index in [9.17, 15) is 10.1 Å². The van der Waals surface area contributed by atoms with Crippen molar-refractivity contribution in [2.75, 3.05) is 13.2 Å². The first-order chi connectivity index (χ1) is 11.6. The first-order valence-electron chi connectivity index (χ1n) is 7.38. The van der Waals surface area contributed by atoms with Crippen LogP contribution in [-0.4, -0.2) is 19.2 Å². The second-order valence-corrected chi connectivity index (χ2v) is 6.09. The molecule has 2 aromatic rings. The Hall–Kier alpha value is -2.33. The summed E-state index contributed by atoms with van der Waals surface area (Å²) in [5.74, 6) is 0.180. The molecule has 4 nitrogen and oxygen atoms in total. The molecule has 0 aliphatic carbocycles. The molecule has 0 aliphatic rings. The Bertz CT molecular complexity index is 759. The summed E-state index contributed by atoms with van der Waals surface area (Å²) in [6.07, 6.45) is 1.82. The Morgan fingerprint density at radius 2 is 1.83 bits per heavy atom. The predicted octanol–water partition coefficient (Wildman–Crippen LogP) is 4.30. The predicted molar refractivity (Wildman–Crippen MR) is 101 cm³/mol. The highest BCUT2D eigenvalue weighted by molar-refractivity contribution is 14.1. The molecule has 2 aromatic carbocycles. The quantitative estimate of drug-likeness (QED) is 0.295. The molecular formula is C19H16INO3. The number of esters is 1. The van der Waals surface area contributed by atoms with Crippen molar-refractivity contribution in [3.8, 4) is 11.8 Å². The number of benzene rings is 2. The first-order valence-corrected chi connectivity index (χ1v) is 8.46. The third-order valence-electron chi connectivity index (χ3n) is 3.13. The van der Waals surface area contributed by atoms with Gasteiger partial charge in [0, 0.05) is 3.57 Å². The molecule has 24 heavy (non-hydrogen) atoms. The van der Waals surface area contributed by atoms with Crippen LogP contribution in [0.3, 0.4) is 0 Å². The zero-order valence-electron chi connectivity index (χ0n) is 13.2. The van der Waals surface area contributed by atoms with Gasteiger partial charge in [-0.15, -0.1) is 0 Å². The summed E-state index contributed by atoms with van der Waals surface area (Å²) in [4.78, 5) is 11.3. The highest BCUT2D eigenvalue weighted by Crippen LogP contribution is 2.20. The number of carbonyl (C=O) groups is 1. The standard InChI is InChI=1S/C19H16INO3/c1-2-23-19(22)13-24-18-9-3-14(4-10-18)11-16(12-21)15-5-7-17(20)8-6-15/h3-11H,2,13H2,1H3/b16-11-. The third kappa shape index (κ3) is 5.39. The van der Waals surface area contributed by atoms with Crippen LogP contribution in [0.15, 0.2) is 48.5 Å². The molecule has 0 N–H and O–H groups in total. The van der Waals surface area contributed by atoms with Crippen molar-refractivity contribution in [1.29, 1.82) is 5.26 Å². The fourth-order valence-corrected chi connectivity index (χ4v) is 2.34. The van der Waals surface area contributed by atoms with Gasteiger partial charge in [-0.1, -0.05) is 24.3 Å². The highest BCUT2D eigenvalue weighted by Gasteiger charge is 2.04. The van der Waals surface area contributed by atoms with E-state index in [1.165, 1.54) is 0 Å². The lowest BCUT2D eigenvalue weighted by molar-refractivity contribution is -0.145. The Morgan fingerprint density at radius 3 is 2.42 bits per heavy atom. The molecule has 0 aliphatic heterocycles. The normalized spacial score (nSPS) is 10.8. The van der Waals surface area contributed by atoms with E-state index in [0.29, 0.717) is 17.9 Å². The first kappa shape index (κ1) is 18.0. The molecule has 0 saturated carbocycles. The number of rotatable bonds is 6. The van der Waals surface area contributed by atoms with Gasteiger partial charge in [-0.05, 0) is 71.0 Å². The molecule has 0 radical (unpaired) electrons. The molecule has 0 aromatic heterocycles. The Morgan fingerprint density at radius 1 is 1.17 bits per heavy atom. The van der Waals surface area contributed by atoms with Crippen LogP contribution >= 0.6 is 22.6 Å². The van der Waals surface area contributed by atoms with Gasteiger partial charge in [0.15, 0.2) is 6.61 Å². The van der Waals surface area contributed by atoms with Crippen LogP contribution in [0.2, 0.25) is 0 Å². The van der Waals surface area contributed by atoms with Crippen LogP contribution in [0.4, 0.5) is 0 Å². The molecular weight excluding hydrogens is 417 g/mol. The van der Waals surface area contributed by atoms with Crippen LogP contribution in [0, 0.1) is 14.9 Å². The van der Waals surface area contributed by atoms with Gasteiger partial charge in [0.05, 0.1) is 18.2 Å². The lowest BCUT2D eigenvalue weighted by Crippen LogP contribution is -2.14. The lowest BCUT2D eigenvalue weighted by atomic mass is 10.0. The van der Waals surface area contributed by atoms with Gasteiger partial charge in [-0.25, -0.2) is 4.79 Å². The van der Waals surface area contributed by atoms with Gasteiger partial charge in [0.1, 0.15) is 5.75 Å². The van der Waals surface area contributed by atoms with E-state index in [-0.39, 0.29) is 6.61 Å². The van der Waals surface area contributed by atoms with Crippen molar-refractivity contribution < 1.29 is 14.3 Å². The van der Waals surface area contributed by atoms with Crippen molar-refractivity contribution in [1.82, 2.24) is 0 Å². The largest absolute Gasteiger partial charge is 0.482 e. The molecule has 0 amide bonds. The van der Waals surface area contributed by atoms with Crippen molar-refractivity contribution in [2.45, 2.75) is 6.92 Å². The summed E-state index contributed by atoms with van der Waals surface area (Å²) in [6.45, 7) is 1.97. The van der Waals surface area contributed by atoms with Crippen LogP contribution in [-0.2, 0) is 9.53 Å². The maximum absolute atomic E-state index is 11.3. The Kier molecular flexibility index (Phi) is 6.82. The summed E-state index contributed by atoms with van der Waals surface area (Å²) in [5, 5.41) is 9.36. The van der Waals surface area contributed by atoms with Gasteiger partial charge in [0.2, 0.25) is 0 Å². The van der Waals surface area contributed by atoms with E-state index in [4.69, 9.17) is 9.47 Å². The lowest BCUT2D eigenvalue weighted by Gasteiger charge is -2.06. The minimum Gasteiger partial charge on any atom is -0.482 e. The van der Waals surface area contributed by atoms with E-state index >= 15 is 0 Å². The summed E-state index contributed by atoms with van der Waals surface area (Å²) in [7, 11) is 0. The number of ether oxygens (including phenoxy) is 2. The monoisotopic (exact) mass is 433 g/mol. The van der Waals surface area contributed by atoms with Gasteiger partial charge in [0.25, 0.3) is 0 Å². The zero-order chi connectivity index (χ0) is 17.4. The SMILES string of the molecule is CCOC(=O)COc1ccc(/C=C(/C#N)c2ccc(I)cc2)cc1. The molecule has 0 unspecified atom stereocenters. The van der Waals surface area contributed by atoms with Crippen LogP contribution < -0.4 is 4.74 Å². The van der Waals surface area contributed by atoms with Crippen LogP contribution in [0.25, 0.3) is 11.6 Å². The molecule has 0 bridgehead atoms. The van der Waals surface area contributed by atoms with Crippen LogP contribution in [0.1, 0.15) is 18.1 Å². The number of allylic oxidation sites excluding steroid dienone is 1. The molecule has 0 fully saturated rings. The molecule has 0 saturated heterocycles. The molecule has 0 atom stereocenters. The number of hydrogen-bond donors (Lipinski definition) is 0. The number of nitrogens with zero attached hydrogens (tertiary/aromatic N) is 1. The van der Waals surface area contributed by atoms with Gasteiger partial charge >= 0.3 is 5.97 Å². The molecule has 2 rings (SSSR count). The Balaban J connectivity index is 2.07. The number of halogens is 1. The average molecular weight is 433 g/mol. The minimum atomic E-state index is -0.396. The fourth-order valence-electron chi connectivity index (χ4n) is 1.98. The fraction of sp³-hybridized carbons (Fsp3) is 0.158. The smallest absolute Gasteiger partial charge is 0.344 e. The summed E-state index contributed by atoms with van der Waals surface area (Å²) in [6, 6.07) is 17.2. The number of nitriles is 1. The Labute approximate surface area is 154 Å². The van der Waals surface area contributed by atoms with Gasteiger partial charge in [-0.2, -0.15) is 5.26 Å². The molecule has 122 valence electrons. The minimum absolute atomic E-state index is 0.116. The number of hydrogen-bond acceptors (Lipinski definition) is 4. The van der Waals surface area contributed by atoms with Crippen LogP contribution in [0.5, 0.6) is 5.75 Å². The van der Waals surface area contributed by atoms with Crippen molar-refractivity contribution in [3.63, 3.8) is 0 Å². The van der Waals surface area contributed by atoms with E-state index in [1.807, 2.05) is 42.5 Å². The van der Waals surface area contributed by atoms with Crippen molar-refractivity contribution in [3.05, 3.63) is 63.2 Å². The van der Waals surface area contributed by atoms with E-state index in [2.05, 4.69) is 28.7 Å². The third-order valence-corrected chi connectivity index (χ3v) is 3.85. The topological polar surface area (TPSA) is 59.3 Å². The summed E-state index contributed by atoms with van der Waals surface area (Å²) in [5.41, 5.74) is 2.35.